The zero-order chi connectivity index (χ0) is 15.5. The van der Waals surface area contributed by atoms with Crippen LogP contribution >= 0.6 is 12.2 Å². The molecule has 0 aromatic heterocycles. The number of nitrogens with two attached hydrogens (primary N) is 1. The molecule has 0 spiro atoms. The standard InChI is InChI=1S/C14H21N3O2S2/c1-2-12-5-3-4-10-17(12)14(20)16-11-6-8-13(9-7-11)21(15,18)19/h6-9,12H,2-5,10H2,1H3,(H,16,20)(H2,15,18,19). The molecule has 0 bridgehead atoms. The van der Waals surface area contributed by atoms with E-state index in [2.05, 4.69) is 17.1 Å². The average Bonchev–Trinajstić information content (AvgIpc) is 2.46. The number of hydrogen-bond donors (Lipinski definition) is 2. The number of benzene rings is 1. The van der Waals surface area contributed by atoms with Gasteiger partial charge in [-0.05, 0) is 62.2 Å². The summed E-state index contributed by atoms with van der Waals surface area (Å²) in [5.74, 6) is 0. The Kier molecular flexibility index (Phi) is 5.18. The number of nitrogens with zero attached hydrogens (tertiary/aromatic N) is 1. The largest absolute Gasteiger partial charge is 0.346 e. The Bertz CT molecular complexity index is 599. The molecular weight excluding hydrogens is 306 g/mol. The molecule has 21 heavy (non-hydrogen) atoms. The highest BCUT2D eigenvalue weighted by Crippen LogP contribution is 2.21. The quantitative estimate of drug-likeness (QED) is 0.833. The molecule has 1 saturated heterocycles. The molecule has 0 amide bonds. The highest BCUT2D eigenvalue weighted by molar-refractivity contribution is 7.89. The van der Waals surface area contributed by atoms with Crippen molar-refractivity contribution in [2.24, 2.45) is 5.14 Å². The monoisotopic (exact) mass is 327 g/mol. The Morgan fingerprint density at radius 3 is 2.62 bits per heavy atom. The third-order valence-electron chi connectivity index (χ3n) is 3.79. The summed E-state index contributed by atoms with van der Waals surface area (Å²) in [4.78, 5) is 2.33. The molecule has 1 aromatic carbocycles. The van der Waals surface area contributed by atoms with E-state index in [1.165, 1.54) is 25.0 Å². The zero-order valence-electron chi connectivity index (χ0n) is 12.1. The second-order valence-electron chi connectivity index (χ2n) is 5.25. The summed E-state index contributed by atoms with van der Waals surface area (Å²) in [6.07, 6.45) is 4.65. The second-order valence-corrected chi connectivity index (χ2v) is 7.20. The molecule has 1 aliphatic heterocycles. The van der Waals surface area contributed by atoms with E-state index in [1.807, 2.05) is 0 Å². The molecule has 0 radical (unpaired) electrons. The predicted octanol–water partition coefficient (Wildman–Crippen LogP) is 2.30. The minimum atomic E-state index is -3.65. The minimum Gasteiger partial charge on any atom is -0.346 e. The fourth-order valence-corrected chi connectivity index (χ4v) is 3.49. The Hall–Kier alpha value is -1.18. The third-order valence-corrected chi connectivity index (χ3v) is 5.06. The molecule has 7 heteroatoms. The SMILES string of the molecule is CCC1CCCCN1C(=S)Nc1ccc(S(N)(=O)=O)cc1. The van der Waals surface area contributed by atoms with E-state index in [4.69, 9.17) is 17.4 Å². The first kappa shape index (κ1) is 16.2. The highest BCUT2D eigenvalue weighted by atomic mass is 32.2. The Labute approximate surface area is 131 Å². The number of primary sulfonamides is 1. The molecule has 1 unspecified atom stereocenters. The Morgan fingerprint density at radius 2 is 2.05 bits per heavy atom. The molecule has 1 aromatic rings. The van der Waals surface area contributed by atoms with Crippen LogP contribution in [0.4, 0.5) is 5.69 Å². The van der Waals surface area contributed by atoms with E-state index in [0.717, 1.165) is 25.1 Å². The maximum absolute atomic E-state index is 11.2. The lowest BCUT2D eigenvalue weighted by Crippen LogP contribution is -2.45. The third kappa shape index (κ3) is 4.15. The summed E-state index contributed by atoms with van der Waals surface area (Å²) < 4.78 is 22.4. The number of anilines is 1. The second kappa shape index (κ2) is 6.72. The molecule has 116 valence electrons. The van der Waals surface area contributed by atoms with Crippen molar-refractivity contribution in [3.8, 4) is 0 Å². The van der Waals surface area contributed by atoms with Crippen molar-refractivity contribution < 1.29 is 8.42 Å². The van der Waals surface area contributed by atoms with Gasteiger partial charge >= 0.3 is 0 Å². The van der Waals surface area contributed by atoms with Crippen molar-refractivity contribution in [2.75, 3.05) is 11.9 Å². The van der Waals surface area contributed by atoms with E-state index < -0.39 is 10.0 Å². The Morgan fingerprint density at radius 1 is 1.38 bits per heavy atom. The van der Waals surface area contributed by atoms with Gasteiger partial charge in [-0.1, -0.05) is 6.92 Å². The van der Waals surface area contributed by atoms with Gasteiger partial charge in [0, 0.05) is 18.3 Å². The van der Waals surface area contributed by atoms with E-state index in [-0.39, 0.29) is 4.90 Å². The zero-order valence-corrected chi connectivity index (χ0v) is 13.7. The smallest absolute Gasteiger partial charge is 0.238 e. The predicted molar refractivity (Wildman–Crippen MR) is 88.7 cm³/mol. The van der Waals surface area contributed by atoms with Gasteiger partial charge < -0.3 is 10.2 Å². The van der Waals surface area contributed by atoms with Crippen LogP contribution in [0.25, 0.3) is 0 Å². The first-order chi connectivity index (χ1) is 9.91. The molecule has 2 rings (SSSR count). The molecule has 1 heterocycles. The number of hydrogen-bond acceptors (Lipinski definition) is 3. The van der Waals surface area contributed by atoms with Crippen LogP contribution in [0.5, 0.6) is 0 Å². The lowest BCUT2D eigenvalue weighted by atomic mass is 10.0. The lowest BCUT2D eigenvalue weighted by molar-refractivity contribution is 0.239. The highest BCUT2D eigenvalue weighted by Gasteiger charge is 2.22. The number of nitrogens with one attached hydrogen (secondary N) is 1. The number of piperidine rings is 1. The summed E-state index contributed by atoms with van der Waals surface area (Å²) >= 11 is 5.48. The van der Waals surface area contributed by atoms with Crippen LogP contribution in [0, 0.1) is 0 Å². The maximum atomic E-state index is 11.2. The first-order valence-corrected chi connectivity index (χ1v) is 9.07. The molecule has 1 fully saturated rings. The molecule has 5 nitrogen and oxygen atoms in total. The van der Waals surface area contributed by atoms with Crippen molar-refractivity contribution in [1.29, 1.82) is 0 Å². The van der Waals surface area contributed by atoms with Gasteiger partial charge in [0.15, 0.2) is 5.11 Å². The molecular formula is C14H21N3O2S2. The van der Waals surface area contributed by atoms with E-state index in [0.29, 0.717) is 11.2 Å². The first-order valence-electron chi connectivity index (χ1n) is 7.12. The van der Waals surface area contributed by atoms with Crippen molar-refractivity contribution in [3.05, 3.63) is 24.3 Å². The minimum absolute atomic E-state index is 0.100. The van der Waals surface area contributed by atoms with Crippen molar-refractivity contribution in [3.63, 3.8) is 0 Å². The van der Waals surface area contributed by atoms with E-state index in [9.17, 15) is 8.42 Å². The van der Waals surface area contributed by atoms with Gasteiger partial charge in [0.2, 0.25) is 10.0 Å². The van der Waals surface area contributed by atoms with Gasteiger partial charge in [0.05, 0.1) is 4.90 Å². The summed E-state index contributed by atoms with van der Waals surface area (Å²) in [5.41, 5.74) is 0.771. The molecule has 3 N–H and O–H groups in total. The topological polar surface area (TPSA) is 75.4 Å². The van der Waals surface area contributed by atoms with Crippen molar-refractivity contribution in [1.82, 2.24) is 4.90 Å². The fraction of sp³-hybridized carbons (Fsp3) is 0.500. The fourth-order valence-electron chi connectivity index (χ4n) is 2.62. The molecule has 0 saturated carbocycles. The summed E-state index contributed by atoms with van der Waals surface area (Å²) in [5, 5.41) is 8.95. The van der Waals surface area contributed by atoms with Crippen LogP contribution in [0.2, 0.25) is 0 Å². The number of likely N-dealkylation sites (tertiary alicyclic amines) is 1. The van der Waals surface area contributed by atoms with Crippen LogP contribution in [0.1, 0.15) is 32.6 Å². The van der Waals surface area contributed by atoms with Gasteiger partial charge in [-0.3, -0.25) is 0 Å². The van der Waals surface area contributed by atoms with Gasteiger partial charge in [0.1, 0.15) is 0 Å². The van der Waals surface area contributed by atoms with Gasteiger partial charge in [-0.25, -0.2) is 13.6 Å². The van der Waals surface area contributed by atoms with Crippen LogP contribution < -0.4 is 10.5 Å². The molecule has 1 atom stereocenters. The van der Waals surface area contributed by atoms with Crippen molar-refractivity contribution in [2.45, 2.75) is 43.5 Å². The van der Waals surface area contributed by atoms with Crippen LogP contribution in [-0.4, -0.2) is 31.0 Å². The van der Waals surface area contributed by atoms with Gasteiger partial charge in [-0.2, -0.15) is 0 Å². The van der Waals surface area contributed by atoms with Crippen LogP contribution in [-0.2, 0) is 10.0 Å². The summed E-state index contributed by atoms with van der Waals surface area (Å²) in [6.45, 7) is 3.14. The van der Waals surface area contributed by atoms with E-state index in [1.54, 1.807) is 12.1 Å². The summed E-state index contributed by atoms with van der Waals surface area (Å²) in [6, 6.07) is 6.80. The molecule has 0 aliphatic carbocycles. The normalized spacial score (nSPS) is 19.3. The van der Waals surface area contributed by atoms with Crippen LogP contribution in [0.3, 0.4) is 0 Å². The Balaban J connectivity index is 2.05. The molecule has 1 aliphatic rings. The van der Waals surface area contributed by atoms with Gasteiger partial charge in [-0.15, -0.1) is 0 Å². The number of thiocarbonyl (C=S) groups is 1. The maximum Gasteiger partial charge on any atom is 0.238 e. The number of sulfonamides is 1. The average molecular weight is 327 g/mol. The van der Waals surface area contributed by atoms with Crippen molar-refractivity contribution >= 4 is 33.0 Å². The van der Waals surface area contributed by atoms with Gasteiger partial charge in [0.25, 0.3) is 0 Å². The number of rotatable bonds is 3. The van der Waals surface area contributed by atoms with E-state index >= 15 is 0 Å². The van der Waals surface area contributed by atoms with Crippen LogP contribution in [0.15, 0.2) is 29.2 Å². The summed E-state index contributed by atoms with van der Waals surface area (Å²) in [7, 11) is -3.65. The lowest BCUT2D eigenvalue weighted by Gasteiger charge is -2.37.